The molecule has 0 aromatic rings. The summed E-state index contributed by atoms with van der Waals surface area (Å²) in [6.45, 7) is 10.4. The Bertz CT molecular complexity index is 795. The third kappa shape index (κ3) is 14.5. The zero-order valence-electron chi connectivity index (χ0n) is 18.8. The highest BCUT2D eigenvalue weighted by Crippen LogP contribution is 2.36. The highest BCUT2D eigenvalue weighted by molar-refractivity contribution is 8.13. The number of nitrogens with zero attached hydrogens (tertiary/aromatic N) is 2. The van der Waals surface area contributed by atoms with Gasteiger partial charge in [-0.1, -0.05) is 19.9 Å². The third-order valence-electron chi connectivity index (χ3n) is 3.89. The van der Waals surface area contributed by atoms with Crippen molar-refractivity contribution in [2.24, 2.45) is 0 Å². The lowest BCUT2D eigenvalue weighted by Crippen LogP contribution is -2.41. The van der Waals surface area contributed by atoms with Gasteiger partial charge in [-0.15, -0.1) is 0 Å². The number of sulfonamides is 2. The van der Waals surface area contributed by atoms with E-state index in [0.29, 0.717) is 12.2 Å². The van der Waals surface area contributed by atoms with E-state index >= 15 is 0 Å². The first kappa shape index (κ1) is 33.8. The molecule has 0 aliphatic heterocycles. The van der Waals surface area contributed by atoms with Gasteiger partial charge in [-0.3, -0.25) is 0 Å². The van der Waals surface area contributed by atoms with Gasteiger partial charge in [0.15, 0.2) is 20.0 Å². The van der Waals surface area contributed by atoms with Gasteiger partial charge in [-0.25, -0.2) is 21.6 Å². The molecule has 0 spiro atoms. The maximum Gasteiger partial charge on any atom is 0.480 e. The topological polar surface area (TPSA) is 109 Å². The van der Waals surface area contributed by atoms with Crippen LogP contribution in [0.15, 0.2) is 12.2 Å². The minimum Gasteiger partial charge on any atom is -0.462 e. The molecule has 16 heteroatoms. The second kappa shape index (κ2) is 13.5. The maximum absolute atomic E-state index is 11.4. The number of carbonyl (C=O) groups is 1. The molecule has 0 fully saturated rings. The fourth-order valence-corrected chi connectivity index (χ4v) is 3.75. The van der Waals surface area contributed by atoms with Crippen LogP contribution in [0.1, 0.15) is 46.0 Å². The minimum atomic E-state index is -6.72. The van der Waals surface area contributed by atoms with Crippen molar-refractivity contribution >= 4 is 26.0 Å². The number of rotatable bonds is 12. The van der Waals surface area contributed by atoms with Crippen LogP contribution in [-0.4, -0.2) is 72.1 Å². The van der Waals surface area contributed by atoms with Crippen LogP contribution in [-0.2, 0) is 29.6 Å². The number of hydrogen-bond acceptors (Lipinski definition) is 6. The molecule has 0 aliphatic carbocycles. The molecule has 0 amide bonds. The summed E-state index contributed by atoms with van der Waals surface area (Å²) >= 11 is 0. The van der Waals surface area contributed by atoms with Crippen LogP contribution >= 0.6 is 0 Å². The van der Waals surface area contributed by atoms with E-state index in [0.717, 1.165) is 28.0 Å². The Hall–Kier alpha value is -1.39. The quantitative estimate of drug-likeness (QED) is 0.122. The molecule has 0 aromatic heterocycles. The van der Waals surface area contributed by atoms with Crippen molar-refractivity contribution < 1.29 is 57.2 Å². The summed E-state index contributed by atoms with van der Waals surface area (Å²) in [6, 6.07) is 0. The lowest BCUT2D eigenvalue weighted by atomic mass is 10.2. The summed E-state index contributed by atoms with van der Waals surface area (Å²) in [5.74, 6) is -0.272. The summed E-state index contributed by atoms with van der Waals surface area (Å²) in [7, 11) is -8.90. The van der Waals surface area contributed by atoms with Gasteiger partial charge in [0.05, 0.1) is 33.8 Å². The Morgan fingerprint density at radius 3 is 1.61 bits per heavy atom. The lowest BCUT2D eigenvalue weighted by Gasteiger charge is -2.29. The van der Waals surface area contributed by atoms with E-state index in [9.17, 15) is 48.0 Å². The molecule has 0 saturated heterocycles. The second-order valence-corrected chi connectivity index (χ2v) is 11.1. The molecular formula is C17H30F6N2O6S2. The molecule has 0 aliphatic rings. The number of unbranched alkanes of at least 4 members (excludes halogenated alkanes) is 3. The van der Waals surface area contributed by atoms with E-state index in [2.05, 4.69) is 27.6 Å². The monoisotopic (exact) mass is 536 g/mol. The zero-order chi connectivity index (χ0) is 26.7. The van der Waals surface area contributed by atoms with Gasteiger partial charge in [0, 0.05) is 5.57 Å². The first-order valence-corrected chi connectivity index (χ1v) is 12.5. The fraction of sp³-hybridized carbons (Fsp3) is 0.824. The highest BCUT2D eigenvalue weighted by atomic mass is 32.3. The van der Waals surface area contributed by atoms with E-state index in [4.69, 9.17) is 4.74 Å². The van der Waals surface area contributed by atoms with E-state index < -0.39 is 31.1 Å². The average Bonchev–Trinajstić information content (AvgIpc) is 2.59. The number of quaternary nitrogens is 1. The minimum absolute atomic E-state index is 0.272. The van der Waals surface area contributed by atoms with Gasteiger partial charge < -0.3 is 13.3 Å². The molecule has 0 aromatic carbocycles. The molecule has 198 valence electrons. The highest BCUT2D eigenvalue weighted by Gasteiger charge is 2.46. The maximum atomic E-state index is 11.4. The van der Waals surface area contributed by atoms with Crippen LogP contribution < -0.4 is 0 Å². The summed E-state index contributed by atoms with van der Waals surface area (Å²) in [4.78, 5) is 11.2. The molecule has 0 rings (SSSR count). The van der Waals surface area contributed by atoms with Crippen molar-refractivity contribution in [3.05, 3.63) is 16.3 Å². The van der Waals surface area contributed by atoms with Crippen molar-refractivity contribution in [3.63, 3.8) is 0 Å². The molecule has 0 radical (unpaired) electrons. The second-order valence-electron chi connectivity index (χ2n) is 7.63. The zero-order valence-corrected chi connectivity index (χ0v) is 20.4. The van der Waals surface area contributed by atoms with Gasteiger partial charge in [-0.2, -0.15) is 26.3 Å². The lowest BCUT2D eigenvalue weighted by molar-refractivity contribution is -0.890. The molecule has 0 unspecified atom stereocenters. The Morgan fingerprint density at radius 1 is 0.879 bits per heavy atom. The number of carbonyl (C=O) groups excluding carboxylic acids is 1. The van der Waals surface area contributed by atoms with Crippen molar-refractivity contribution in [1.29, 1.82) is 0 Å². The van der Waals surface area contributed by atoms with Crippen LogP contribution in [0.25, 0.3) is 4.13 Å². The largest absolute Gasteiger partial charge is 0.480 e. The van der Waals surface area contributed by atoms with Crippen LogP contribution in [0.3, 0.4) is 0 Å². The van der Waals surface area contributed by atoms with Crippen LogP contribution in [0.5, 0.6) is 0 Å². The van der Waals surface area contributed by atoms with Crippen LogP contribution in [0, 0.1) is 0 Å². The average molecular weight is 537 g/mol. The molecule has 0 N–H and O–H groups in total. The summed E-state index contributed by atoms with van der Waals surface area (Å²) in [5, 5.41) is 0. The number of hydrogen-bond donors (Lipinski definition) is 0. The van der Waals surface area contributed by atoms with Crippen molar-refractivity contribution in [1.82, 2.24) is 0 Å². The van der Waals surface area contributed by atoms with Gasteiger partial charge in [0.1, 0.15) is 0 Å². The molecule has 8 nitrogen and oxygen atoms in total. The SMILES string of the molecule is C=C(C)C(=O)OCCCC[N+](C)(C)CCCCC.O=S(=O)([N-]S(=O)(=O)C(F)(F)F)C(F)(F)F. The number of ether oxygens (including phenoxy) is 1. The first-order valence-electron chi connectivity index (χ1n) is 9.61. The predicted octanol–water partition coefficient (Wildman–Crippen LogP) is 4.21. The van der Waals surface area contributed by atoms with Gasteiger partial charge >= 0.3 is 17.0 Å². The predicted molar refractivity (Wildman–Crippen MR) is 110 cm³/mol. The normalized spacial score (nSPS) is 13.2. The van der Waals surface area contributed by atoms with Gasteiger partial charge in [0.2, 0.25) is 0 Å². The Labute approximate surface area is 190 Å². The summed E-state index contributed by atoms with van der Waals surface area (Å²) in [5.41, 5.74) is -11.9. The van der Waals surface area contributed by atoms with Crippen molar-refractivity contribution in [2.75, 3.05) is 33.8 Å². The summed E-state index contributed by atoms with van der Waals surface area (Å²) < 4.78 is 115. The van der Waals surface area contributed by atoms with E-state index in [-0.39, 0.29) is 5.97 Å². The van der Waals surface area contributed by atoms with Crippen molar-refractivity contribution in [3.8, 4) is 0 Å². The Balaban J connectivity index is 0. The number of alkyl halides is 6. The third-order valence-corrected chi connectivity index (χ3v) is 6.63. The molecule has 33 heavy (non-hydrogen) atoms. The van der Waals surface area contributed by atoms with Gasteiger partial charge in [0.25, 0.3) is 0 Å². The first-order chi connectivity index (χ1) is 14.6. The standard InChI is InChI=1S/C15H30NO2.C2F6NO4S2/c1-6-7-8-11-16(4,5)12-9-10-13-18-15(17)14(2)3;3-1(4,5)14(10,11)9-15(12,13)2(6,7)8/h2,6-13H2,1,3-5H3;/q+1;-1. The molecule has 0 bridgehead atoms. The summed E-state index contributed by atoms with van der Waals surface area (Å²) in [6.07, 6.45) is 5.93. The van der Waals surface area contributed by atoms with E-state index in [1.807, 2.05) is 0 Å². The fourth-order valence-electron chi connectivity index (χ4n) is 2.05. The van der Waals surface area contributed by atoms with E-state index in [1.165, 1.54) is 25.8 Å². The smallest absolute Gasteiger partial charge is 0.462 e. The Kier molecular flexibility index (Phi) is 13.8. The van der Waals surface area contributed by atoms with E-state index in [1.54, 1.807) is 6.92 Å². The number of halogens is 6. The Morgan fingerprint density at radius 2 is 1.27 bits per heavy atom. The van der Waals surface area contributed by atoms with Gasteiger partial charge in [-0.05, 0) is 32.6 Å². The molecule has 0 saturated carbocycles. The molecule has 0 atom stereocenters. The van der Waals surface area contributed by atoms with Crippen molar-refractivity contribution in [2.45, 2.75) is 57.0 Å². The molecule has 0 heterocycles. The number of esters is 1. The van der Waals surface area contributed by atoms with Crippen LogP contribution in [0.4, 0.5) is 26.3 Å². The molecular weight excluding hydrogens is 506 g/mol. The van der Waals surface area contributed by atoms with Crippen LogP contribution in [0.2, 0.25) is 0 Å².